The molecule has 3 heterocycles. The lowest BCUT2D eigenvalue weighted by Crippen LogP contribution is -2.33. The number of ether oxygens (including phenoxy) is 1. The summed E-state index contributed by atoms with van der Waals surface area (Å²) in [5.41, 5.74) is 3.71. The van der Waals surface area contributed by atoms with E-state index in [-0.39, 0.29) is 17.7 Å². The van der Waals surface area contributed by atoms with Crippen molar-refractivity contribution in [3.05, 3.63) is 107 Å². The maximum Gasteiger partial charge on any atom is 0.226 e. The first kappa shape index (κ1) is 19.5. The average molecular weight is 438 g/mol. The number of anilines is 1. The van der Waals surface area contributed by atoms with E-state index in [4.69, 9.17) is 9.15 Å². The predicted octanol–water partition coefficient (Wildman–Crippen LogP) is 4.87. The summed E-state index contributed by atoms with van der Waals surface area (Å²) in [6.07, 6.45) is 4.27. The minimum atomic E-state index is -0.327. The zero-order valence-electron chi connectivity index (χ0n) is 17.8. The fraction of sp³-hybridized carbons (Fsp3) is 0.192. The summed E-state index contributed by atoms with van der Waals surface area (Å²) in [5, 5.41) is 7.75. The highest BCUT2D eigenvalue weighted by molar-refractivity contribution is 6.00. The second-order valence-corrected chi connectivity index (χ2v) is 8.34. The summed E-state index contributed by atoms with van der Waals surface area (Å²) >= 11 is 0. The Balaban J connectivity index is 1.30. The summed E-state index contributed by atoms with van der Waals surface area (Å²) < 4.78 is 13.3. The highest BCUT2D eigenvalue weighted by Crippen LogP contribution is 2.44. The van der Waals surface area contributed by atoms with Crippen molar-refractivity contribution in [1.29, 1.82) is 0 Å². The lowest BCUT2D eigenvalue weighted by Gasteiger charge is -2.34. The number of ketones is 1. The van der Waals surface area contributed by atoms with E-state index in [1.54, 1.807) is 10.9 Å². The van der Waals surface area contributed by atoms with Gasteiger partial charge in [-0.25, -0.2) is 4.68 Å². The van der Waals surface area contributed by atoms with Gasteiger partial charge in [0, 0.05) is 23.6 Å². The number of hydrogen-bond donors (Lipinski definition) is 1. The molecule has 7 nitrogen and oxygen atoms in total. The van der Waals surface area contributed by atoms with Crippen LogP contribution in [0.25, 0.3) is 0 Å². The molecule has 0 amide bonds. The lowest BCUT2D eigenvalue weighted by molar-refractivity contribution is -0.117. The number of furan rings is 1. The first-order valence-electron chi connectivity index (χ1n) is 11.0. The standard InChI is InChI=1S/C26H22N4O3/c31-22-14-19(23-7-4-12-32-23)13-21-24(22)25(30-26(29-21)27-16-28-30)18-8-10-20(11-9-18)33-15-17-5-2-1-3-6-17/h1-12,16,19,25H,13-15H2,(H,27,28,29)/t19-,25+/m0/s1. The fourth-order valence-corrected chi connectivity index (χ4v) is 4.67. The summed E-state index contributed by atoms with van der Waals surface area (Å²) in [4.78, 5) is 17.7. The number of Topliss-reactive ketones (excluding diaryl/α,β-unsaturated/α-hetero) is 1. The van der Waals surface area contributed by atoms with Crippen LogP contribution in [0.1, 0.15) is 41.7 Å². The van der Waals surface area contributed by atoms with Gasteiger partial charge in [0.15, 0.2) is 5.78 Å². The molecule has 6 rings (SSSR count). The lowest BCUT2D eigenvalue weighted by atomic mass is 9.79. The number of hydrogen-bond acceptors (Lipinski definition) is 6. The van der Waals surface area contributed by atoms with Crippen LogP contribution in [0.15, 0.2) is 95.0 Å². The number of benzene rings is 2. The molecule has 0 saturated heterocycles. The molecule has 1 aliphatic heterocycles. The number of nitrogens with one attached hydrogen (secondary N) is 1. The maximum absolute atomic E-state index is 13.4. The largest absolute Gasteiger partial charge is 0.489 e. The van der Waals surface area contributed by atoms with Gasteiger partial charge in [0.05, 0.1) is 6.26 Å². The molecule has 1 aliphatic carbocycles. The first-order valence-corrected chi connectivity index (χ1v) is 11.0. The van der Waals surface area contributed by atoms with Crippen LogP contribution in [0.5, 0.6) is 5.75 Å². The van der Waals surface area contributed by atoms with Crippen molar-refractivity contribution < 1.29 is 13.9 Å². The number of fused-ring (bicyclic) bond motifs is 1. The van der Waals surface area contributed by atoms with Gasteiger partial charge in [0.25, 0.3) is 0 Å². The molecule has 2 atom stereocenters. The maximum atomic E-state index is 13.4. The van der Waals surface area contributed by atoms with Gasteiger partial charge in [-0.05, 0) is 41.8 Å². The highest BCUT2D eigenvalue weighted by Gasteiger charge is 2.39. The second-order valence-electron chi connectivity index (χ2n) is 8.34. The summed E-state index contributed by atoms with van der Waals surface area (Å²) in [7, 11) is 0. The Kier molecular flexibility index (Phi) is 4.79. The van der Waals surface area contributed by atoms with E-state index < -0.39 is 0 Å². The monoisotopic (exact) mass is 438 g/mol. The van der Waals surface area contributed by atoms with Crippen LogP contribution in [0.4, 0.5) is 5.95 Å². The van der Waals surface area contributed by atoms with Crippen LogP contribution in [-0.2, 0) is 11.4 Å². The Hall–Kier alpha value is -4.13. The Morgan fingerprint density at radius 1 is 1.03 bits per heavy atom. The van der Waals surface area contributed by atoms with Gasteiger partial charge in [-0.2, -0.15) is 10.1 Å². The smallest absolute Gasteiger partial charge is 0.226 e. The van der Waals surface area contributed by atoms with E-state index in [1.807, 2.05) is 66.7 Å². The molecule has 2 aliphatic rings. The van der Waals surface area contributed by atoms with Crippen LogP contribution in [0, 0.1) is 0 Å². The van der Waals surface area contributed by atoms with E-state index in [2.05, 4.69) is 15.4 Å². The Morgan fingerprint density at radius 3 is 2.67 bits per heavy atom. The van der Waals surface area contributed by atoms with Crippen LogP contribution in [-0.4, -0.2) is 20.5 Å². The zero-order chi connectivity index (χ0) is 22.2. The van der Waals surface area contributed by atoms with Gasteiger partial charge in [-0.15, -0.1) is 0 Å². The summed E-state index contributed by atoms with van der Waals surface area (Å²) in [5.74, 6) is 2.36. The van der Waals surface area contributed by atoms with Gasteiger partial charge in [0.1, 0.15) is 30.5 Å². The van der Waals surface area contributed by atoms with Crippen molar-refractivity contribution in [2.45, 2.75) is 31.4 Å². The highest BCUT2D eigenvalue weighted by atomic mass is 16.5. The molecule has 7 heteroatoms. The molecule has 0 saturated carbocycles. The SMILES string of the molecule is O=C1C[C@@H](c2ccco2)CC2=C1[C@@H](c1ccc(OCc3ccccc3)cc1)n1ncnc1N2. The van der Waals surface area contributed by atoms with Crippen LogP contribution in [0.2, 0.25) is 0 Å². The number of carbonyl (C=O) groups excluding carboxylic acids is 1. The number of rotatable bonds is 5. The Morgan fingerprint density at radius 2 is 1.88 bits per heavy atom. The quantitative estimate of drug-likeness (QED) is 0.479. The molecular formula is C26H22N4O3. The van der Waals surface area contributed by atoms with Crippen LogP contribution < -0.4 is 10.1 Å². The molecule has 4 aromatic rings. The molecule has 164 valence electrons. The fourth-order valence-electron chi connectivity index (χ4n) is 4.67. The Labute approximate surface area is 190 Å². The van der Waals surface area contributed by atoms with E-state index in [0.29, 0.717) is 25.4 Å². The third-order valence-electron chi connectivity index (χ3n) is 6.25. The minimum Gasteiger partial charge on any atom is -0.489 e. The molecule has 0 fully saturated rings. The second kappa shape index (κ2) is 8.09. The van der Waals surface area contributed by atoms with Crippen LogP contribution >= 0.6 is 0 Å². The molecule has 2 aromatic heterocycles. The summed E-state index contributed by atoms with van der Waals surface area (Å²) in [6, 6.07) is 21.4. The van der Waals surface area contributed by atoms with Gasteiger partial charge in [-0.3, -0.25) is 4.79 Å². The van der Waals surface area contributed by atoms with E-state index in [1.165, 1.54) is 6.33 Å². The van der Waals surface area contributed by atoms with Gasteiger partial charge in [-0.1, -0.05) is 42.5 Å². The van der Waals surface area contributed by atoms with Gasteiger partial charge >= 0.3 is 0 Å². The molecular weight excluding hydrogens is 416 g/mol. The van der Waals surface area contributed by atoms with E-state index >= 15 is 0 Å². The van der Waals surface area contributed by atoms with Crippen molar-refractivity contribution in [3.63, 3.8) is 0 Å². The van der Waals surface area contributed by atoms with Crippen LogP contribution in [0.3, 0.4) is 0 Å². The first-order chi connectivity index (χ1) is 16.3. The van der Waals surface area contributed by atoms with Crippen molar-refractivity contribution in [3.8, 4) is 5.75 Å². The van der Waals surface area contributed by atoms with E-state index in [0.717, 1.165) is 33.9 Å². The minimum absolute atomic E-state index is 0.0163. The van der Waals surface area contributed by atoms with E-state index in [9.17, 15) is 4.79 Å². The molecule has 2 aromatic carbocycles. The summed E-state index contributed by atoms with van der Waals surface area (Å²) in [6.45, 7) is 0.503. The van der Waals surface area contributed by atoms with Crippen molar-refractivity contribution in [1.82, 2.24) is 14.8 Å². The zero-order valence-corrected chi connectivity index (χ0v) is 17.8. The number of carbonyl (C=O) groups is 1. The molecule has 0 unspecified atom stereocenters. The number of allylic oxidation sites excluding steroid dienone is 2. The number of nitrogens with zero attached hydrogens (tertiary/aromatic N) is 3. The average Bonchev–Trinajstić information content (AvgIpc) is 3.55. The molecule has 33 heavy (non-hydrogen) atoms. The topological polar surface area (TPSA) is 82.2 Å². The third kappa shape index (κ3) is 3.61. The van der Waals surface area contributed by atoms with Crippen molar-refractivity contribution in [2.24, 2.45) is 0 Å². The van der Waals surface area contributed by atoms with Gasteiger partial charge in [0.2, 0.25) is 5.95 Å². The Bertz CT molecular complexity index is 1310. The molecule has 0 bridgehead atoms. The normalized spacial score (nSPS) is 19.6. The van der Waals surface area contributed by atoms with Gasteiger partial charge < -0.3 is 14.5 Å². The molecule has 1 N–H and O–H groups in total. The molecule has 0 radical (unpaired) electrons. The molecule has 0 spiro atoms. The third-order valence-corrected chi connectivity index (χ3v) is 6.25. The number of aromatic nitrogens is 3. The van der Waals surface area contributed by atoms with Crippen molar-refractivity contribution in [2.75, 3.05) is 5.32 Å². The predicted molar refractivity (Wildman–Crippen MR) is 122 cm³/mol. The van der Waals surface area contributed by atoms with Crippen molar-refractivity contribution >= 4 is 11.7 Å².